The third-order valence-electron chi connectivity index (χ3n) is 9.06. The van der Waals surface area contributed by atoms with Gasteiger partial charge in [-0.15, -0.1) is 0 Å². The Balaban J connectivity index is 0.000000743. The molecule has 0 N–H and O–H groups in total. The van der Waals surface area contributed by atoms with Gasteiger partial charge < -0.3 is 4.42 Å². The molecule has 6 aromatic rings. The second kappa shape index (κ2) is 14.3. The van der Waals surface area contributed by atoms with Gasteiger partial charge in [0.25, 0.3) is 0 Å². The zero-order valence-electron chi connectivity index (χ0n) is 28.5. The molecule has 0 saturated carbocycles. The fraction of sp³-hybridized carbons (Fsp3) is 0.357. The van der Waals surface area contributed by atoms with Crippen molar-refractivity contribution in [3.05, 3.63) is 108 Å². The Labute approximate surface area is 270 Å². The summed E-state index contributed by atoms with van der Waals surface area (Å²) in [5.74, 6) is 2.16. The maximum absolute atomic E-state index is 6.11. The first-order chi connectivity index (χ1) is 21.8. The van der Waals surface area contributed by atoms with Gasteiger partial charge >= 0.3 is 0 Å². The summed E-state index contributed by atoms with van der Waals surface area (Å²) in [5.41, 5.74) is 10.8. The fourth-order valence-corrected chi connectivity index (χ4v) is 6.30. The van der Waals surface area contributed by atoms with Crippen LogP contribution in [0.5, 0.6) is 0 Å². The Morgan fingerprint density at radius 2 is 1.31 bits per heavy atom. The summed E-state index contributed by atoms with van der Waals surface area (Å²) in [6.45, 7) is 18.2. The first-order valence-corrected chi connectivity index (χ1v) is 17.0. The highest BCUT2D eigenvalue weighted by Crippen LogP contribution is 2.40. The lowest BCUT2D eigenvalue weighted by atomic mass is 9.87. The van der Waals surface area contributed by atoms with Crippen LogP contribution in [0.4, 0.5) is 0 Å². The highest BCUT2D eigenvalue weighted by atomic mass is 16.3. The van der Waals surface area contributed by atoms with Gasteiger partial charge in [0.1, 0.15) is 17.0 Å². The molecule has 0 radical (unpaired) electrons. The van der Waals surface area contributed by atoms with Crippen LogP contribution in [-0.4, -0.2) is 9.55 Å². The van der Waals surface area contributed by atoms with Gasteiger partial charge in [-0.1, -0.05) is 123 Å². The summed E-state index contributed by atoms with van der Waals surface area (Å²) in [6.07, 6.45) is 9.26. The van der Waals surface area contributed by atoms with Crippen molar-refractivity contribution in [2.45, 2.75) is 98.8 Å². The number of hydrogen-bond acceptors (Lipinski definition) is 2. The number of nitrogens with zero attached hydrogens (tertiary/aromatic N) is 2. The van der Waals surface area contributed by atoms with Crippen LogP contribution in [0.2, 0.25) is 0 Å². The van der Waals surface area contributed by atoms with Crippen LogP contribution < -0.4 is 0 Å². The number of fused-ring (bicyclic) bond motifs is 3. The van der Waals surface area contributed by atoms with Crippen molar-refractivity contribution < 1.29 is 4.42 Å². The Morgan fingerprint density at radius 1 is 0.667 bits per heavy atom. The monoisotopic (exact) mass is 598 g/mol. The Morgan fingerprint density at radius 3 is 1.96 bits per heavy atom. The first-order valence-electron chi connectivity index (χ1n) is 17.0. The summed E-state index contributed by atoms with van der Waals surface area (Å²) in [4.78, 5) is 4.93. The molecule has 0 aliphatic rings. The zero-order chi connectivity index (χ0) is 32.1. The van der Waals surface area contributed by atoms with E-state index in [1.165, 1.54) is 58.3 Å². The van der Waals surface area contributed by atoms with Gasteiger partial charge in [0.15, 0.2) is 0 Å². The van der Waals surface area contributed by atoms with E-state index in [0.29, 0.717) is 17.8 Å². The normalized spacial score (nSPS) is 12.2. The topological polar surface area (TPSA) is 31.0 Å². The third kappa shape index (κ3) is 6.64. The smallest absolute Gasteiger partial charge is 0.144 e. The molecule has 3 nitrogen and oxygen atoms in total. The Bertz CT molecular complexity index is 1840. The Hall–Kier alpha value is -4.11. The minimum Gasteiger partial charge on any atom is -0.456 e. The molecule has 0 bridgehead atoms. The molecule has 2 aromatic heterocycles. The SMILES string of the molecule is CCC(C)c1ccccc1-c1nccn1-c1c(C(C)C)cc(-c2ccc3oc4ccccc4c3c2)cc1C(C)C.CCCCC. The van der Waals surface area contributed by atoms with E-state index in [1.807, 2.05) is 18.3 Å². The summed E-state index contributed by atoms with van der Waals surface area (Å²) >= 11 is 0. The molecule has 0 aliphatic carbocycles. The molecule has 4 aromatic carbocycles. The highest BCUT2D eigenvalue weighted by Gasteiger charge is 2.22. The van der Waals surface area contributed by atoms with Crippen molar-refractivity contribution in [2.75, 3.05) is 0 Å². The molecule has 0 spiro atoms. The number of benzene rings is 4. The van der Waals surface area contributed by atoms with Crippen molar-refractivity contribution in [2.24, 2.45) is 0 Å². The molecule has 0 saturated heterocycles. The van der Waals surface area contributed by atoms with E-state index in [-0.39, 0.29) is 0 Å². The van der Waals surface area contributed by atoms with Gasteiger partial charge in [0.2, 0.25) is 0 Å². The van der Waals surface area contributed by atoms with E-state index in [9.17, 15) is 0 Å². The average molecular weight is 599 g/mol. The maximum atomic E-state index is 6.11. The van der Waals surface area contributed by atoms with Gasteiger partial charge in [-0.05, 0) is 82.3 Å². The predicted molar refractivity (Wildman–Crippen MR) is 194 cm³/mol. The summed E-state index contributed by atoms with van der Waals surface area (Å²) in [6, 6.07) is 28.4. The van der Waals surface area contributed by atoms with E-state index in [4.69, 9.17) is 9.40 Å². The van der Waals surface area contributed by atoms with Crippen molar-refractivity contribution in [1.82, 2.24) is 9.55 Å². The number of hydrogen-bond donors (Lipinski definition) is 0. The number of unbranched alkanes of at least 4 members (excludes halogenated alkanes) is 2. The second-order valence-electron chi connectivity index (χ2n) is 13.0. The number of furan rings is 1. The van der Waals surface area contributed by atoms with Crippen LogP contribution in [0.25, 0.3) is 50.1 Å². The van der Waals surface area contributed by atoms with Crippen LogP contribution in [0.1, 0.15) is 116 Å². The van der Waals surface area contributed by atoms with E-state index < -0.39 is 0 Å². The van der Waals surface area contributed by atoms with Crippen LogP contribution in [0, 0.1) is 0 Å². The molecule has 2 heterocycles. The van der Waals surface area contributed by atoms with Crippen LogP contribution >= 0.6 is 0 Å². The third-order valence-corrected chi connectivity index (χ3v) is 9.06. The maximum Gasteiger partial charge on any atom is 0.144 e. The molecule has 0 fully saturated rings. The summed E-state index contributed by atoms with van der Waals surface area (Å²) in [7, 11) is 0. The molecular formula is C42H50N2O. The summed E-state index contributed by atoms with van der Waals surface area (Å²) in [5, 5.41) is 2.32. The molecule has 45 heavy (non-hydrogen) atoms. The van der Waals surface area contributed by atoms with Crippen LogP contribution in [0.3, 0.4) is 0 Å². The lowest BCUT2D eigenvalue weighted by molar-refractivity contribution is 0.669. The fourth-order valence-electron chi connectivity index (χ4n) is 6.30. The number of rotatable bonds is 9. The minimum absolute atomic E-state index is 0.339. The largest absolute Gasteiger partial charge is 0.456 e. The van der Waals surface area contributed by atoms with E-state index in [0.717, 1.165) is 34.2 Å². The summed E-state index contributed by atoms with van der Waals surface area (Å²) < 4.78 is 8.45. The molecule has 234 valence electrons. The van der Waals surface area contributed by atoms with Crippen LogP contribution in [0.15, 0.2) is 95.7 Å². The van der Waals surface area contributed by atoms with Crippen molar-refractivity contribution in [3.63, 3.8) is 0 Å². The first kappa shape index (κ1) is 32.3. The second-order valence-corrected chi connectivity index (χ2v) is 13.0. The molecule has 6 rings (SSSR count). The molecule has 0 aliphatic heterocycles. The number of aromatic nitrogens is 2. The molecular weight excluding hydrogens is 548 g/mol. The standard InChI is InChI=1S/C37H38N2O.C5H12/c1-7-25(6)28-12-8-9-14-30(28)37-38-18-19-39(37)36-31(23(2)3)21-27(22-32(36)24(4)5)26-16-17-35-33(20-26)29-13-10-11-15-34(29)40-35;1-3-5-4-2/h8-25H,7H2,1-6H3;3-5H2,1-2H3. The highest BCUT2D eigenvalue weighted by molar-refractivity contribution is 6.06. The lowest BCUT2D eigenvalue weighted by Gasteiger charge is -2.24. The molecule has 0 amide bonds. The van der Waals surface area contributed by atoms with E-state index >= 15 is 0 Å². The van der Waals surface area contributed by atoms with Gasteiger partial charge in [0, 0.05) is 28.7 Å². The van der Waals surface area contributed by atoms with Gasteiger partial charge in [-0.25, -0.2) is 4.98 Å². The quantitative estimate of drug-likeness (QED) is 0.166. The number of para-hydroxylation sites is 1. The van der Waals surface area contributed by atoms with Crippen molar-refractivity contribution in [3.8, 4) is 28.2 Å². The Kier molecular flexibility index (Phi) is 10.3. The molecule has 1 atom stereocenters. The molecule has 3 heteroatoms. The van der Waals surface area contributed by atoms with Crippen LogP contribution in [-0.2, 0) is 0 Å². The van der Waals surface area contributed by atoms with Gasteiger partial charge in [0.05, 0.1) is 5.69 Å². The van der Waals surface area contributed by atoms with E-state index in [2.05, 4.69) is 133 Å². The zero-order valence-corrected chi connectivity index (χ0v) is 28.5. The predicted octanol–water partition coefficient (Wildman–Crippen LogP) is 13.1. The van der Waals surface area contributed by atoms with Gasteiger partial charge in [-0.3, -0.25) is 4.57 Å². The van der Waals surface area contributed by atoms with E-state index in [1.54, 1.807) is 0 Å². The minimum atomic E-state index is 0.339. The van der Waals surface area contributed by atoms with Crippen molar-refractivity contribution in [1.29, 1.82) is 0 Å². The lowest BCUT2D eigenvalue weighted by Crippen LogP contribution is -2.09. The number of imidazole rings is 1. The van der Waals surface area contributed by atoms with Crippen molar-refractivity contribution >= 4 is 21.9 Å². The average Bonchev–Trinajstić information content (AvgIpc) is 3.69. The van der Waals surface area contributed by atoms with Gasteiger partial charge in [-0.2, -0.15) is 0 Å². The molecule has 1 unspecified atom stereocenters.